The average molecular weight is 491 g/mol. The van der Waals surface area contributed by atoms with Gasteiger partial charge in [-0.15, -0.1) is 0 Å². The van der Waals surface area contributed by atoms with Crippen molar-refractivity contribution in [2.24, 2.45) is 0 Å². The van der Waals surface area contributed by atoms with Gasteiger partial charge in [-0.3, -0.25) is 9.59 Å². The zero-order chi connectivity index (χ0) is 24.6. The van der Waals surface area contributed by atoms with Gasteiger partial charge >= 0.3 is 0 Å². The van der Waals surface area contributed by atoms with Gasteiger partial charge in [0.1, 0.15) is 23.9 Å². The average Bonchev–Trinajstić information content (AvgIpc) is 2.87. The maximum absolute atomic E-state index is 13.2. The number of para-hydroxylation sites is 1. The molecule has 0 aliphatic rings. The lowest BCUT2D eigenvalue weighted by atomic mass is 10.2. The number of carbonyl (C=O) groups excluding carboxylic acids is 1. The van der Waals surface area contributed by atoms with Gasteiger partial charge in [-0.25, -0.2) is 14.5 Å². The number of pyridine rings is 1. The van der Waals surface area contributed by atoms with Crippen LogP contribution in [0.15, 0.2) is 76.8 Å². The second-order valence-electron chi connectivity index (χ2n) is 7.64. The standard InChI is InChI=1S/C26H26N4O4S/c1-3-33-19-9-11-20(12-10-19)34-15-14-27-24(31)17-35-26-29-22-7-5-4-6-21(22)25(32)30(26)23-13-8-18(2)16-28-23/h4-13,16H,3,14-15,17H2,1-2H3,(H,27,31). The van der Waals surface area contributed by atoms with Gasteiger partial charge in [0.15, 0.2) is 5.16 Å². The Morgan fingerprint density at radius 1 is 1.03 bits per heavy atom. The van der Waals surface area contributed by atoms with E-state index in [1.807, 2.05) is 50.2 Å². The van der Waals surface area contributed by atoms with Crippen LogP contribution in [-0.2, 0) is 4.79 Å². The number of benzene rings is 2. The van der Waals surface area contributed by atoms with Crippen LogP contribution in [0.1, 0.15) is 12.5 Å². The van der Waals surface area contributed by atoms with Crippen molar-refractivity contribution in [1.29, 1.82) is 0 Å². The molecule has 180 valence electrons. The number of hydrogen-bond donors (Lipinski definition) is 1. The number of hydrogen-bond acceptors (Lipinski definition) is 7. The summed E-state index contributed by atoms with van der Waals surface area (Å²) in [6, 6.07) is 18.1. The molecule has 0 fully saturated rings. The minimum atomic E-state index is -0.224. The molecule has 0 saturated heterocycles. The summed E-state index contributed by atoms with van der Waals surface area (Å²) in [7, 11) is 0. The number of fused-ring (bicyclic) bond motifs is 1. The molecule has 0 unspecified atom stereocenters. The van der Waals surface area contributed by atoms with E-state index in [4.69, 9.17) is 9.47 Å². The number of carbonyl (C=O) groups is 1. The molecule has 9 heteroatoms. The van der Waals surface area contributed by atoms with Crippen molar-refractivity contribution >= 4 is 28.6 Å². The summed E-state index contributed by atoms with van der Waals surface area (Å²) >= 11 is 1.19. The normalized spacial score (nSPS) is 10.8. The highest BCUT2D eigenvalue weighted by molar-refractivity contribution is 7.99. The van der Waals surface area contributed by atoms with E-state index in [2.05, 4.69) is 15.3 Å². The molecule has 0 aliphatic carbocycles. The van der Waals surface area contributed by atoms with Crippen LogP contribution in [0.3, 0.4) is 0 Å². The summed E-state index contributed by atoms with van der Waals surface area (Å²) in [6.07, 6.45) is 1.70. The monoisotopic (exact) mass is 490 g/mol. The Hall–Kier alpha value is -3.85. The number of rotatable bonds is 10. The number of amides is 1. The lowest BCUT2D eigenvalue weighted by Gasteiger charge is -2.13. The Morgan fingerprint density at radius 3 is 2.49 bits per heavy atom. The van der Waals surface area contributed by atoms with Crippen molar-refractivity contribution in [3.8, 4) is 17.3 Å². The second kappa shape index (κ2) is 11.5. The third-order valence-electron chi connectivity index (χ3n) is 5.03. The Balaban J connectivity index is 1.39. The molecule has 1 amide bonds. The van der Waals surface area contributed by atoms with Gasteiger partial charge in [0.25, 0.3) is 5.56 Å². The van der Waals surface area contributed by atoms with Crippen molar-refractivity contribution in [2.45, 2.75) is 19.0 Å². The molecule has 1 N–H and O–H groups in total. The molecule has 2 aromatic carbocycles. The zero-order valence-electron chi connectivity index (χ0n) is 19.6. The highest BCUT2D eigenvalue weighted by Gasteiger charge is 2.15. The van der Waals surface area contributed by atoms with E-state index < -0.39 is 0 Å². The van der Waals surface area contributed by atoms with Crippen molar-refractivity contribution < 1.29 is 14.3 Å². The fourth-order valence-corrected chi connectivity index (χ4v) is 4.17. The smallest absolute Gasteiger partial charge is 0.267 e. The molecular weight excluding hydrogens is 464 g/mol. The highest BCUT2D eigenvalue weighted by atomic mass is 32.2. The lowest BCUT2D eigenvalue weighted by molar-refractivity contribution is -0.118. The van der Waals surface area contributed by atoms with Crippen molar-refractivity contribution in [1.82, 2.24) is 19.9 Å². The molecule has 8 nitrogen and oxygen atoms in total. The van der Waals surface area contributed by atoms with Gasteiger partial charge in [0.05, 0.1) is 29.8 Å². The van der Waals surface area contributed by atoms with Crippen LogP contribution in [0.5, 0.6) is 11.5 Å². The lowest BCUT2D eigenvalue weighted by Crippen LogP contribution is -2.30. The summed E-state index contributed by atoms with van der Waals surface area (Å²) < 4.78 is 12.5. The third-order valence-corrected chi connectivity index (χ3v) is 5.97. The van der Waals surface area contributed by atoms with E-state index in [1.165, 1.54) is 16.3 Å². The largest absolute Gasteiger partial charge is 0.494 e. The fourth-order valence-electron chi connectivity index (χ4n) is 3.34. The molecule has 0 atom stereocenters. The van der Waals surface area contributed by atoms with Crippen LogP contribution >= 0.6 is 11.8 Å². The van der Waals surface area contributed by atoms with Crippen molar-refractivity contribution in [2.75, 3.05) is 25.5 Å². The summed E-state index contributed by atoms with van der Waals surface area (Å²) in [6.45, 7) is 5.15. The Morgan fingerprint density at radius 2 is 1.77 bits per heavy atom. The summed E-state index contributed by atoms with van der Waals surface area (Å²) in [5, 5.41) is 3.74. The first-order chi connectivity index (χ1) is 17.0. The molecular formula is C26H26N4O4S. The molecule has 2 heterocycles. The number of nitrogens with zero attached hydrogens (tertiary/aromatic N) is 3. The molecule has 4 aromatic rings. The van der Waals surface area contributed by atoms with Gasteiger partial charge in [0.2, 0.25) is 5.91 Å². The number of nitrogens with one attached hydrogen (secondary N) is 1. The van der Waals surface area contributed by atoms with Crippen molar-refractivity contribution in [3.63, 3.8) is 0 Å². The summed E-state index contributed by atoms with van der Waals surface area (Å²) in [5.74, 6) is 1.86. The van der Waals surface area contributed by atoms with Crippen LogP contribution in [0.25, 0.3) is 16.7 Å². The quantitative estimate of drug-likeness (QED) is 0.205. The molecule has 0 bridgehead atoms. The van der Waals surface area contributed by atoms with E-state index in [0.29, 0.717) is 47.4 Å². The van der Waals surface area contributed by atoms with E-state index in [0.717, 1.165) is 11.3 Å². The van der Waals surface area contributed by atoms with Crippen LogP contribution < -0.4 is 20.3 Å². The Bertz CT molecular complexity index is 1350. The third kappa shape index (κ3) is 6.19. The first-order valence-electron chi connectivity index (χ1n) is 11.2. The fraction of sp³-hybridized carbons (Fsp3) is 0.231. The first kappa shape index (κ1) is 24.3. The van der Waals surface area contributed by atoms with Crippen LogP contribution in [-0.4, -0.2) is 46.0 Å². The van der Waals surface area contributed by atoms with Gasteiger partial charge < -0.3 is 14.8 Å². The Labute approximate surface area is 207 Å². The first-order valence-corrected chi connectivity index (χ1v) is 12.2. The van der Waals surface area contributed by atoms with Gasteiger partial charge in [-0.2, -0.15) is 0 Å². The molecule has 35 heavy (non-hydrogen) atoms. The second-order valence-corrected chi connectivity index (χ2v) is 8.58. The van der Waals surface area contributed by atoms with Gasteiger partial charge in [0, 0.05) is 6.20 Å². The summed E-state index contributed by atoms with van der Waals surface area (Å²) in [4.78, 5) is 34.7. The zero-order valence-corrected chi connectivity index (χ0v) is 20.4. The minimum absolute atomic E-state index is 0.0969. The van der Waals surface area contributed by atoms with Crippen molar-refractivity contribution in [3.05, 3.63) is 82.8 Å². The molecule has 0 saturated carbocycles. The van der Waals surface area contributed by atoms with Crippen LogP contribution in [0.4, 0.5) is 0 Å². The maximum Gasteiger partial charge on any atom is 0.267 e. The molecule has 0 spiro atoms. The van der Waals surface area contributed by atoms with E-state index in [9.17, 15) is 9.59 Å². The molecule has 0 radical (unpaired) electrons. The predicted molar refractivity (Wildman–Crippen MR) is 137 cm³/mol. The molecule has 4 rings (SSSR count). The number of thioether (sulfide) groups is 1. The number of aromatic nitrogens is 3. The topological polar surface area (TPSA) is 95.3 Å². The van der Waals surface area contributed by atoms with E-state index in [-0.39, 0.29) is 17.2 Å². The minimum Gasteiger partial charge on any atom is -0.494 e. The number of ether oxygens (including phenoxy) is 2. The maximum atomic E-state index is 13.2. The van der Waals surface area contributed by atoms with Crippen LogP contribution in [0.2, 0.25) is 0 Å². The Kier molecular flexibility index (Phi) is 7.99. The molecule has 0 aliphatic heterocycles. The predicted octanol–water partition coefficient (Wildman–Crippen LogP) is 3.78. The van der Waals surface area contributed by atoms with E-state index >= 15 is 0 Å². The van der Waals surface area contributed by atoms with Crippen LogP contribution in [0, 0.1) is 6.92 Å². The van der Waals surface area contributed by atoms with E-state index in [1.54, 1.807) is 30.5 Å². The highest BCUT2D eigenvalue weighted by Crippen LogP contribution is 2.21. The molecule has 2 aromatic heterocycles. The SMILES string of the molecule is CCOc1ccc(OCCNC(=O)CSc2nc3ccccc3c(=O)n2-c2ccc(C)cn2)cc1. The van der Waals surface area contributed by atoms with Gasteiger partial charge in [-0.05, 0) is 61.9 Å². The summed E-state index contributed by atoms with van der Waals surface area (Å²) in [5.41, 5.74) is 1.34. The van der Waals surface area contributed by atoms with Gasteiger partial charge in [-0.1, -0.05) is 30.0 Å². The number of aryl methyl sites for hydroxylation is 1.